The van der Waals surface area contributed by atoms with Crippen molar-refractivity contribution in [3.63, 3.8) is 0 Å². The van der Waals surface area contributed by atoms with Gasteiger partial charge in [0.2, 0.25) is 0 Å². The minimum atomic E-state index is -0.940. The normalized spacial score (nSPS) is 35.4. The van der Waals surface area contributed by atoms with Crippen LogP contribution in [0.25, 0.3) is 0 Å². The van der Waals surface area contributed by atoms with Gasteiger partial charge in [0.15, 0.2) is 0 Å². The van der Waals surface area contributed by atoms with Crippen molar-refractivity contribution < 1.29 is 20.1 Å². The van der Waals surface area contributed by atoms with Gasteiger partial charge < -0.3 is 20.1 Å². The number of aliphatic hydroxyl groups excluding tert-OH is 3. The smallest absolute Gasteiger partial charge is 0.110 e. The van der Waals surface area contributed by atoms with Crippen molar-refractivity contribution in [1.82, 2.24) is 5.32 Å². The molecule has 92 valence electrons. The zero-order chi connectivity index (χ0) is 12.0. The van der Waals surface area contributed by atoms with Crippen molar-refractivity contribution in [2.75, 3.05) is 19.8 Å². The summed E-state index contributed by atoms with van der Waals surface area (Å²) in [6.45, 7) is 0.630. The van der Waals surface area contributed by atoms with Crippen LogP contribution in [0, 0.1) is 18.3 Å². The van der Waals surface area contributed by atoms with Crippen molar-refractivity contribution in [1.29, 1.82) is 0 Å². The van der Waals surface area contributed by atoms with Crippen molar-refractivity contribution in [2.45, 2.75) is 31.3 Å². The highest BCUT2D eigenvalue weighted by Crippen LogP contribution is 2.18. The van der Waals surface area contributed by atoms with E-state index >= 15 is 0 Å². The average molecular weight is 229 g/mol. The molecule has 0 unspecified atom stereocenters. The number of aliphatic hydroxyl groups is 3. The number of ether oxygens (including phenoxy) is 1. The van der Waals surface area contributed by atoms with Crippen LogP contribution in [0.3, 0.4) is 0 Å². The molecular weight excluding hydrogens is 210 g/mol. The van der Waals surface area contributed by atoms with Crippen LogP contribution in [-0.2, 0) is 4.74 Å². The molecule has 0 saturated carbocycles. The largest absolute Gasteiger partial charge is 0.396 e. The second-order valence-corrected chi connectivity index (χ2v) is 3.97. The van der Waals surface area contributed by atoms with Gasteiger partial charge in [-0.2, -0.15) is 0 Å². The lowest BCUT2D eigenvalue weighted by molar-refractivity contribution is -0.0317. The van der Waals surface area contributed by atoms with Crippen LogP contribution < -0.4 is 5.32 Å². The molecule has 16 heavy (non-hydrogen) atoms. The average Bonchev–Trinajstić information content (AvgIpc) is 2.41. The number of terminal acetylenes is 1. The summed E-state index contributed by atoms with van der Waals surface area (Å²) in [5.74, 6) is 2.06. The van der Waals surface area contributed by atoms with Crippen LogP contribution >= 0.6 is 0 Å². The maximum atomic E-state index is 9.66. The number of hydrogen-bond acceptors (Lipinski definition) is 5. The molecule has 0 bridgehead atoms. The lowest BCUT2D eigenvalue weighted by atomic mass is 9.98. The van der Waals surface area contributed by atoms with E-state index in [4.69, 9.17) is 16.3 Å². The predicted molar refractivity (Wildman–Crippen MR) is 58.4 cm³/mol. The first-order valence-corrected chi connectivity index (χ1v) is 5.44. The van der Waals surface area contributed by atoms with Gasteiger partial charge in [0.25, 0.3) is 0 Å². The molecule has 0 aliphatic carbocycles. The number of nitrogens with one attached hydrogen (secondary N) is 1. The van der Waals surface area contributed by atoms with Gasteiger partial charge in [-0.25, -0.2) is 0 Å². The fourth-order valence-corrected chi connectivity index (χ4v) is 1.69. The van der Waals surface area contributed by atoms with E-state index in [2.05, 4.69) is 11.2 Å². The van der Waals surface area contributed by atoms with Crippen LogP contribution in [0.4, 0.5) is 0 Å². The Kier molecular flexibility index (Phi) is 5.74. The van der Waals surface area contributed by atoms with E-state index in [-0.39, 0.29) is 19.4 Å². The van der Waals surface area contributed by atoms with Crippen LogP contribution in [0.15, 0.2) is 0 Å². The van der Waals surface area contributed by atoms with Gasteiger partial charge in [-0.05, 0) is 0 Å². The molecule has 0 aromatic rings. The van der Waals surface area contributed by atoms with Crippen LogP contribution in [-0.4, -0.2) is 53.5 Å². The Morgan fingerprint density at radius 2 is 2.19 bits per heavy atom. The van der Waals surface area contributed by atoms with Gasteiger partial charge in [-0.3, -0.25) is 5.32 Å². The van der Waals surface area contributed by atoms with E-state index in [0.717, 1.165) is 0 Å². The molecule has 5 nitrogen and oxygen atoms in total. The van der Waals surface area contributed by atoms with E-state index in [1.165, 1.54) is 0 Å². The summed E-state index contributed by atoms with van der Waals surface area (Å²) in [5, 5.41) is 31.4. The second-order valence-electron chi connectivity index (χ2n) is 3.97. The van der Waals surface area contributed by atoms with Crippen molar-refractivity contribution in [3.8, 4) is 12.3 Å². The van der Waals surface area contributed by atoms with Gasteiger partial charge >= 0.3 is 0 Å². The second kappa shape index (κ2) is 6.84. The quantitative estimate of drug-likeness (QED) is 0.355. The standard InChI is InChI=1S/C11H19NO4/c1-2-3-4-12-10-5-9(14)11(15)8(6-13)7-16-10/h1,8-15H,3-7H2/t8-,9+,10+,11-/m0/s1. The Balaban J connectivity index is 2.43. The molecule has 4 atom stereocenters. The van der Waals surface area contributed by atoms with Crippen molar-refractivity contribution in [2.24, 2.45) is 5.92 Å². The topological polar surface area (TPSA) is 82.0 Å². The molecule has 1 heterocycles. The van der Waals surface area contributed by atoms with E-state index in [0.29, 0.717) is 19.4 Å². The molecule has 1 aliphatic heterocycles. The van der Waals surface area contributed by atoms with Gasteiger partial charge in [0.05, 0.1) is 25.4 Å². The molecule has 1 aliphatic rings. The van der Waals surface area contributed by atoms with Crippen LogP contribution in [0.5, 0.6) is 0 Å². The first-order valence-electron chi connectivity index (χ1n) is 5.44. The molecule has 0 aromatic carbocycles. The third kappa shape index (κ3) is 3.74. The van der Waals surface area contributed by atoms with Crippen LogP contribution in [0.1, 0.15) is 12.8 Å². The lowest BCUT2D eigenvalue weighted by Gasteiger charge is -2.20. The summed E-state index contributed by atoms with van der Waals surface area (Å²) in [7, 11) is 0. The molecular formula is C11H19NO4. The van der Waals surface area contributed by atoms with E-state index in [9.17, 15) is 10.2 Å². The molecule has 1 fully saturated rings. The van der Waals surface area contributed by atoms with E-state index in [1.807, 2.05) is 0 Å². The highest BCUT2D eigenvalue weighted by Gasteiger charge is 2.32. The lowest BCUT2D eigenvalue weighted by Crippen LogP contribution is -2.37. The van der Waals surface area contributed by atoms with E-state index < -0.39 is 18.1 Å². The maximum Gasteiger partial charge on any atom is 0.110 e. The first kappa shape index (κ1) is 13.4. The third-order valence-corrected chi connectivity index (χ3v) is 2.72. The molecule has 0 aromatic heterocycles. The minimum Gasteiger partial charge on any atom is -0.396 e. The fourth-order valence-electron chi connectivity index (χ4n) is 1.69. The Labute approximate surface area is 95.4 Å². The molecule has 1 rings (SSSR count). The predicted octanol–water partition coefficient (Wildman–Crippen LogP) is -1.32. The SMILES string of the molecule is C#CCCN[C@H]1C[C@@H](O)[C@@H](O)[C@@H](CO)CO1. The van der Waals surface area contributed by atoms with Crippen LogP contribution in [0.2, 0.25) is 0 Å². The molecule has 0 radical (unpaired) electrons. The summed E-state index contributed by atoms with van der Waals surface area (Å²) in [4.78, 5) is 0. The fraction of sp³-hybridized carbons (Fsp3) is 0.818. The highest BCUT2D eigenvalue weighted by atomic mass is 16.5. The molecule has 4 N–H and O–H groups in total. The Bertz CT molecular complexity index is 241. The van der Waals surface area contributed by atoms with E-state index in [1.54, 1.807) is 0 Å². The van der Waals surface area contributed by atoms with Gasteiger partial charge in [-0.1, -0.05) is 0 Å². The summed E-state index contributed by atoms with van der Waals surface area (Å²) >= 11 is 0. The zero-order valence-corrected chi connectivity index (χ0v) is 9.17. The maximum absolute atomic E-state index is 9.66. The molecule has 1 saturated heterocycles. The van der Waals surface area contributed by atoms with Gasteiger partial charge in [0, 0.05) is 25.3 Å². The number of hydrogen-bond donors (Lipinski definition) is 4. The Morgan fingerprint density at radius 3 is 2.81 bits per heavy atom. The minimum absolute atomic E-state index is 0.199. The molecule has 0 amide bonds. The van der Waals surface area contributed by atoms with Crippen molar-refractivity contribution in [3.05, 3.63) is 0 Å². The summed E-state index contributed by atoms with van der Waals surface area (Å²) in [6.07, 6.45) is 3.84. The number of rotatable bonds is 4. The summed E-state index contributed by atoms with van der Waals surface area (Å²) in [6, 6.07) is 0. The Hall–Kier alpha value is -0.640. The highest BCUT2D eigenvalue weighted by molar-refractivity contribution is 4.85. The molecule has 0 spiro atoms. The summed E-state index contributed by atoms with van der Waals surface area (Å²) in [5.41, 5.74) is 0. The van der Waals surface area contributed by atoms with Crippen molar-refractivity contribution >= 4 is 0 Å². The van der Waals surface area contributed by atoms with Gasteiger partial charge in [-0.15, -0.1) is 12.3 Å². The van der Waals surface area contributed by atoms with Gasteiger partial charge in [0.1, 0.15) is 6.23 Å². The monoisotopic (exact) mass is 229 g/mol. The Morgan fingerprint density at radius 1 is 1.44 bits per heavy atom. The first-order chi connectivity index (χ1) is 7.69. The molecule has 5 heteroatoms. The summed E-state index contributed by atoms with van der Waals surface area (Å²) < 4.78 is 5.43. The zero-order valence-electron chi connectivity index (χ0n) is 9.17. The third-order valence-electron chi connectivity index (χ3n) is 2.72.